The zero-order valence-corrected chi connectivity index (χ0v) is 13.9. The van der Waals surface area contributed by atoms with Crippen LogP contribution < -0.4 is 5.32 Å². The molecule has 0 unspecified atom stereocenters. The molecule has 0 aliphatic rings. The highest BCUT2D eigenvalue weighted by Crippen LogP contribution is 2.30. The molecule has 0 radical (unpaired) electrons. The molecule has 1 aromatic heterocycles. The molecule has 0 fully saturated rings. The third kappa shape index (κ3) is 4.72. The second-order valence-corrected chi connectivity index (χ2v) is 6.33. The molecule has 0 aliphatic heterocycles. The third-order valence-corrected chi connectivity index (χ3v) is 3.77. The molecule has 0 aromatic carbocycles. The zero-order chi connectivity index (χ0) is 16.0. The highest BCUT2D eigenvalue weighted by atomic mass is 16.6. The molecule has 21 heavy (non-hydrogen) atoms. The number of nitrogens with one attached hydrogen (secondary N) is 1. The van der Waals surface area contributed by atoms with E-state index in [1.54, 1.807) is 11.6 Å². The monoisotopic (exact) mass is 296 g/mol. The van der Waals surface area contributed by atoms with Gasteiger partial charge in [-0.15, -0.1) is 0 Å². The number of hydrogen-bond donors (Lipinski definition) is 1. The van der Waals surface area contributed by atoms with Gasteiger partial charge in [0.15, 0.2) is 0 Å². The normalized spacial score (nSPS) is 11.7. The van der Waals surface area contributed by atoms with Crippen molar-refractivity contribution in [1.29, 1.82) is 0 Å². The van der Waals surface area contributed by atoms with Gasteiger partial charge in [0.05, 0.1) is 4.92 Å². The molecule has 0 atom stereocenters. The number of anilines is 1. The smallest absolute Gasteiger partial charge is 0.333 e. The molecule has 0 bridgehead atoms. The van der Waals surface area contributed by atoms with Crippen molar-refractivity contribution < 1.29 is 4.92 Å². The van der Waals surface area contributed by atoms with Crippen LogP contribution in [0, 0.1) is 22.5 Å². The van der Waals surface area contributed by atoms with Gasteiger partial charge in [-0.3, -0.25) is 10.1 Å². The average Bonchev–Trinajstić information content (AvgIpc) is 2.73. The quantitative estimate of drug-likeness (QED) is 0.422. The maximum Gasteiger partial charge on any atom is 0.333 e. The zero-order valence-electron chi connectivity index (χ0n) is 13.9. The average molecular weight is 296 g/mol. The summed E-state index contributed by atoms with van der Waals surface area (Å²) in [7, 11) is 0. The van der Waals surface area contributed by atoms with Crippen molar-refractivity contribution >= 4 is 11.5 Å². The third-order valence-electron chi connectivity index (χ3n) is 3.77. The number of nitro groups is 1. The van der Waals surface area contributed by atoms with E-state index in [1.165, 1.54) is 19.3 Å². The number of rotatable bonds is 9. The minimum Gasteiger partial charge on any atom is -0.364 e. The van der Waals surface area contributed by atoms with Crippen LogP contribution in [0.1, 0.15) is 59.1 Å². The van der Waals surface area contributed by atoms with Crippen molar-refractivity contribution in [2.24, 2.45) is 5.41 Å². The van der Waals surface area contributed by atoms with Gasteiger partial charge in [0.2, 0.25) is 5.82 Å². The van der Waals surface area contributed by atoms with E-state index < -0.39 is 0 Å². The Morgan fingerprint density at radius 2 is 2.00 bits per heavy atom. The van der Waals surface area contributed by atoms with Crippen molar-refractivity contribution in [3.05, 3.63) is 15.8 Å². The van der Waals surface area contributed by atoms with Gasteiger partial charge in [0.25, 0.3) is 0 Å². The summed E-state index contributed by atoms with van der Waals surface area (Å²) in [6.07, 6.45) is 4.74. The second kappa shape index (κ2) is 7.43. The van der Waals surface area contributed by atoms with Crippen molar-refractivity contribution in [3.8, 4) is 0 Å². The first-order valence-corrected chi connectivity index (χ1v) is 7.78. The first-order chi connectivity index (χ1) is 9.82. The number of aromatic nitrogens is 2. The summed E-state index contributed by atoms with van der Waals surface area (Å²) < 4.78 is 1.68. The fraction of sp³-hybridized carbons (Fsp3) is 0.800. The molecule has 0 saturated heterocycles. The molecule has 0 aliphatic carbocycles. The van der Waals surface area contributed by atoms with Crippen LogP contribution in [-0.4, -0.2) is 21.2 Å². The van der Waals surface area contributed by atoms with E-state index >= 15 is 0 Å². The van der Waals surface area contributed by atoms with E-state index in [1.807, 2.05) is 6.92 Å². The van der Waals surface area contributed by atoms with Crippen LogP contribution in [0.15, 0.2) is 0 Å². The van der Waals surface area contributed by atoms with Gasteiger partial charge in [-0.1, -0.05) is 40.0 Å². The van der Waals surface area contributed by atoms with Crippen LogP contribution >= 0.6 is 0 Å². The van der Waals surface area contributed by atoms with Crippen LogP contribution in [0.2, 0.25) is 0 Å². The minimum absolute atomic E-state index is 0.0983. The summed E-state index contributed by atoms with van der Waals surface area (Å²) >= 11 is 0. The Morgan fingerprint density at radius 1 is 1.33 bits per heavy atom. The van der Waals surface area contributed by atoms with Gasteiger partial charge in [0, 0.05) is 13.1 Å². The van der Waals surface area contributed by atoms with E-state index in [2.05, 4.69) is 31.2 Å². The highest BCUT2D eigenvalue weighted by Gasteiger charge is 2.26. The van der Waals surface area contributed by atoms with Gasteiger partial charge in [0.1, 0.15) is 5.69 Å². The molecule has 120 valence electrons. The molecule has 0 spiro atoms. The van der Waals surface area contributed by atoms with E-state index in [0.29, 0.717) is 24.6 Å². The fourth-order valence-corrected chi connectivity index (χ4v) is 2.46. The Kier molecular flexibility index (Phi) is 6.18. The summed E-state index contributed by atoms with van der Waals surface area (Å²) in [6, 6.07) is 0. The maximum atomic E-state index is 11.2. The molecule has 6 heteroatoms. The lowest BCUT2D eigenvalue weighted by atomic mass is 9.87. The summed E-state index contributed by atoms with van der Waals surface area (Å²) in [5.41, 5.74) is 0.675. The molecule has 0 saturated carbocycles. The lowest BCUT2D eigenvalue weighted by Crippen LogP contribution is -2.24. The lowest BCUT2D eigenvalue weighted by Gasteiger charge is -2.25. The predicted molar refractivity (Wildman–Crippen MR) is 85.7 cm³/mol. The van der Waals surface area contributed by atoms with Gasteiger partial charge in [-0.05, 0) is 25.7 Å². The highest BCUT2D eigenvalue weighted by molar-refractivity contribution is 5.59. The van der Waals surface area contributed by atoms with Gasteiger partial charge >= 0.3 is 5.69 Å². The number of aryl methyl sites for hydroxylation is 2. The number of nitrogens with zero attached hydrogens (tertiary/aromatic N) is 3. The van der Waals surface area contributed by atoms with Crippen LogP contribution in [0.3, 0.4) is 0 Å². The summed E-state index contributed by atoms with van der Waals surface area (Å²) in [5.74, 6) is 0.531. The number of unbranched alkanes of at least 4 members (excludes halogenated alkanes) is 2. The topological polar surface area (TPSA) is 73.0 Å². The van der Waals surface area contributed by atoms with E-state index in [-0.39, 0.29) is 16.0 Å². The Hall–Kier alpha value is -1.59. The van der Waals surface area contributed by atoms with Gasteiger partial charge < -0.3 is 5.32 Å². The van der Waals surface area contributed by atoms with E-state index in [0.717, 1.165) is 6.42 Å². The summed E-state index contributed by atoms with van der Waals surface area (Å²) in [6.45, 7) is 11.5. The summed E-state index contributed by atoms with van der Waals surface area (Å²) in [4.78, 5) is 10.9. The molecule has 1 N–H and O–H groups in total. The molecule has 0 amide bonds. The Morgan fingerprint density at radius 3 is 2.52 bits per heavy atom. The molecule has 1 heterocycles. The standard InChI is InChI=1S/C15H28N4O2/c1-6-8-9-10-15(4,5)11-16-14-13(19(20)21)12(3)17-18(14)7-2/h16H,6-11H2,1-5H3. The van der Waals surface area contributed by atoms with Crippen LogP contribution in [0.25, 0.3) is 0 Å². The molecule has 1 rings (SSSR count). The van der Waals surface area contributed by atoms with Gasteiger partial charge in [-0.25, -0.2) is 4.68 Å². The van der Waals surface area contributed by atoms with Crippen LogP contribution in [0.5, 0.6) is 0 Å². The second-order valence-electron chi connectivity index (χ2n) is 6.33. The minimum atomic E-state index is -0.346. The van der Waals surface area contributed by atoms with Crippen molar-refractivity contribution in [1.82, 2.24) is 9.78 Å². The summed E-state index contributed by atoms with van der Waals surface area (Å²) in [5, 5.41) is 18.7. The first kappa shape index (κ1) is 17.5. The van der Waals surface area contributed by atoms with E-state index in [4.69, 9.17) is 0 Å². The predicted octanol–water partition coefficient (Wildman–Crippen LogP) is 4.14. The van der Waals surface area contributed by atoms with Gasteiger partial charge in [-0.2, -0.15) is 5.10 Å². The Balaban J connectivity index is 2.80. The maximum absolute atomic E-state index is 11.2. The van der Waals surface area contributed by atoms with Crippen molar-refractivity contribution in [2.45, 2.75) is 66.8 Å². The SMILES string of the molecule is CCCCCC(C)(C)CNc1c([N+](=O)[O-])c(C)nn1CC. The first-order valence-electron chi connectivity index (χ1n) is 7.78. The van der Waals surface area contributed by atoms with Crippen molar-refractivity contribution in [3.63, 3.8) is 0 Å². The van der Waals surface area contributed by atoms with E-state index in [9.17, 15) is 10.1 Å². The van der Waals surface area contributed by atoms with Crippen LogP contribution in [0.4, 0.5) is 11.5 Å². The van der Waals surface area contributed by atoms with Crippen LogP contribution in [-0.2, 0) is 6.54 Å². The molecule has 1 aromatic rings. The molecular formula is C15H28N4O2. The fourth-order valence-electron chi connectivity index (χ4n) is 2.46. The molecule has 6 nitrogen and oxygen atoms in total. The van der Waals surface area contributed by atoms with Crippen molar-refractivity contribution in [2.75, 3.05) is 11.9 Å². The largest absolute Gasteiger partial charge is 0.364 e. The Labute approximate surface area is 127 Å². The number of hydrogen-bond acceptors (Lipinski definition) is 4. The molecular weight excluding hydrogens is 268 g/mol. The lowest BCUT2D eigenvalue weighted by molar-refractivity contribution is -0.384. The Bertz CT molecular complexity index is 480.